The normalized spacial score (nSPS) is 12.5. The first kappa shape index (κ1) is 15.4. The van der Waals surface area contributed by atoms with E-state index in [0.29, 0.717) is 11.3 Å². The van der Waals surface area contributed by atoms with Gasteiger partial charge in [-0.25, -0.2) is 4.79 Å². The molecular formula is C19H20O4. The molecule has 4 nitrogen and oxygen atoms in total. The number of hydrogen-bond donors (Lipinski definition) is 1. The summed E-state index contributed by atoms with van der Waals surface area (Å²) >= 11 is 0. The summed E-state index contributed by atoms with van der Waals surface area (Å²) in [7, 11) is 1.37. The second-order valence-corrected chi connectivity index (χ2v) is 6.01. The largest absolute Gasteiger partial charge is 0.508 e. The van der Waals surface area contributed by atoms with Crippen LogP contribution >= 0.6 is 0 Å². The van der Waals surface area contributed by atoms with Crippen LogP contribution in [0.3, 0.4) is 0 Å². The van der Waals surface area contributed by atoms with Crippen LogP contribution in [0.2, 0.25) is 0 Å². The Bertz CT molecular complexity index is 762. The van der Waals surface area contributed by atoms with E-state index in [1.807, 2.05) is 32.0 Å². The van der Waals surface area contributed by atoms with E-state index in [-0.39, 0.29) is 11.9 Å². The first-order valence-electron chi connectivity index (χ1n) is 7.73. The average Bonchev–Trinajstić information content (AvgIpc) is 2.52. The number of phenols is 1. The van der Waals surface area contributed by atoms with Gasteiger partial charge < -0.3 is 14.6 Å². The molecule has 3 rings (SSSR count). The number of hydrogen-bond acceptors (Lipinski definition) is 4. The van der Waals surface area contributed by atoms with Gasteiger partial charge in [0.15, 0.2) is 0 Å². The van der Waals surface area contributed by atoms with E-state index in [1.54, 1.807) is 12.1 Å². The van der Waals surface area contributed by atoms with Gasteiger partial charge in [0.1, 0.15) is 17.1 Å². The Morgan fingerprint density at radius 3 is 2.43 bits per heavy atom. The summed E-state index contributed by atoms with van der Waals surface area (Å²) in [4.78, 5) is 12.1. The van der Waals surface area contributed by atoms with Gasteiger partial charge in [-0.2, -0.15) is 0 Å². The molecule has 0 saturated heterocycles. The second kappa shape index (κ2) is 5.95. The summed E-state index contributed by atoms with van der Waals surface area (Å²) in [5.41, 5.74) is 4.71. The molecule has 0 saturated carbocycles. The molecule has 2 aromatic carbocycles. The molecule has 0 aliphatic heterocycles. The van der Waals surface area contributed by atoms with Gasteiger partial charge in [-0.3, -0.25) is 0 Å². The van der Waals surface area contributed by atoms with Gasteiger partial charge in [0.2, 0.25) is 0 Å². The van der Waals surface area contributed by atoms with Crippen molar-refractivity contribution < 1.29 is 19.4 Å². The molecular weight excluding hydrogens is 292 g/mol. The minimum Gasteiger partial charge on any atom is -0.508 e. The minimum absolute atomic E-state index is 0.0238. The van der Waals surface area contributed by atoms with Crippen LogP contribution in [0.4, 0.5) is 0 Å². The molecule has 0 aromatic heterocycles. The Kier molecular flexibility index (Phi) is 3.99. The third-order valence-electron chi connectivity index (χ3n) is 4.02. The van der Waals surface area contributed by atoms with Crippen LogP contribution in [-0.2, 0) is 17.6 Å². The maximum absolute atomic E-state index is 12.1. The minimum atomic E-state index is -0.408. The van der Waals surface area contributed by atoms with Crippen molar-refractivity contribution in [3.05, 3.63) is 47.0 Å². The summed E-state index contributed by atoms with van der Waals surface area (Å²) in [6, 6.07) is 9.14. The van der Waals surface area contributed by atoms with E-state index in [0.717, 1.165) is 35.1 Å². The zero-order valence-electron chi connectivity index (χ0n) is 13.6. The lowest BCUT2D eigenvalue weighted by molar-refractivity contribution is 0.0594. The maximum atomic E-state index is 12.1. The molecule has 0 unspecified atom stereocenters. The number of carbonyl (C=O) groups excluding carboxylic acids is 1. The molecule has 4 heteroatoms. The zero-order valence-corrected chi connectivity index (χ0v) is 13.6. The predicted octanol–water partition coefficient (Wildman–Crippen LogP) is 3.73. The number of aromatic hydroxyl groups is 1. The lowest BCUT2D eigenvalue weighted by atomic mass is 9.84. The van der Waals surface area contributed by atoms with E-state index >= 15 is 0 Å². The van der Waals surface area contributed by atoms with E-state index in [9.17, 15) is 9.90 Å². The fourth-order valence-electron chi connectivity index (χ4n) is 3.02. The number of fused-ring (bicyclic) bond motifs is 3. The Morgan fingerprint density at radius 2 is 1.78 bits per heavy atom. The number of aryl methyl sites for hydroxylation is 2. The second-order valence-electron chi connectivity index (χ2n) is 6.01. The third kappa shape index (κ3) is 2.89. The average molecular weight is 312 g/mol. The van der Waals surface area contributed by atoms with Crippen LogP contribution in [0.25, 0.3) is 11.1 Å². The Balaban J connectivity index is 2.17. The summed E-state index contributed by atoms with van der Waals surface area (Å²) in [6.07, 6.45) is 1.68. The molecule has 1 aliphatic carbocycles. The van der Waals surface area contributed by atoms with Crippen LogP contribution in [0, 0.1) is 0 Å². The Labute approximate surface area is 135 Å². The molecule has 23 heavy (non-hydrogen) atoms. The highest BCUT2D eigenvalue weighted by atomic mass is 16.5. The molecule has 0 fully saturated rings. The van der Waals surface area contributed by atoms with Gasteiger partial charge >= 0.3 is 5.97 Å². The lowest BCUT2D eigenvalue weighted by Gasteiger charge is -2.23. The van der Waals surface area contributed by atoms with Crippen molar-refractivity contribution in [2.45, 2.75) is 32.8 Å². The topological polar surface area (TPSA) is 55.8 Å². The monoisotopic (exact) mass is 312 g/mol. The number of carbonyl (C=O) groups is 1. The Hall–Kier alpha value is -2.49. The number of esters is 1. The van der Waals surface area contributed by atoms with Crippen LogP contribution in [-0.4, -0.2) is 24.3 Å². The highest BCUT2D eigenvalue weighted by molar-refractivity contribution is 5.95. The molecule has 0 bridgehead atoms. The molecule has 120 valence electrons. The van der Waals surface area contributed by atoms with Gasteiger partial charge in [-0.05, 0) is 73.2 Å². The van der Waals surface area contributed by atoms with Gasteiger partial charge in [-0.15, -0.1) is 0 Å². The van der Waals surface area contributed by atoms with Crippen molar-refractivity contribution in [1.29, 1.82) is 0 Å². The van der Waals surface area contributed by atoms with Crippen molar-refractivity contribution in [3.63, 3.8) is 0 Å². The zero-order chi connectivity index (χ0) is 16.6. The number of phenolic OH excluding ortho intramolecular Hbond substituents is 1. The maximum Gasteiger partial charge on any atom is 0.341 e. The van der Waals surface area contributed by atoms with Crippen molar-refractivity contribution >= 4 is 5.97 Å². The molecule has 0 atom stereocenters. The quantitative estimate of drug-likeness (QED) is 0.877. The molecule has 1 aliphatic rings. The van der Waals surface area contributed by atoms with Crippen LogP contribution in [0.15, 0.2) is 30.3 Å². The summed E-state index contributed by atoms with van der Waals surface area (Å²) in [5, 5.41) is 9.67. The molecule has 2 aromatic rings. The van der Waals surface area contributed by atoms with E-state index in [4.69, 9.17) is 9.47 Å². The predicted molar refractivity (Wildman–Crippen MR) is 88.1 cm³/mol. The SMILES string of the molecule is COC(=O)c1cc2c(cc1OC(C)C)CCc1cc(O)ccc1-2. The van der Waals surface area contributed by atoms with Crippen LogP contribution < -0.4 is 4.74 Å². The van der Waals surface area contributed by atoms with Crippen molar-refractivity contribution in [2.75, 3.05) is 7.11 Å². The van der Waals surface area contributed by atoms with E-state index in [2.05, 4.69) is 0 Å². The van der Waals surface area contributed by atoms with Gasteiger partial charge in [0, 0.05) is 0 Å². The summed E-state index contributed by atoms with van der Waals surface area (Å²) in [6.45, 7) is 3.86. The highest BCUT2D eigenvalue weighted by Crippen LogP contribution is 2.39. The van der Waals surface area contributed by atoms with Gasteiger partial charge in [0.25, 0.3) is 0 Å². The van der Waals surface area contributed by atoms with Crippen molar-refractivity contribution in [1.82, 2.24) is 0 Å². The Morgan fingerprint density at radius 1 is 1.09 bits per heavy atom. The van der Waals surface area contributed by atoms with E-state index in [1.165, 1.54) is 7.11 Å². The third-order valence-corrected chi connectivity index (χ3v) is 4.02. The standard InChI is InChI=1S/C19H20O4/c1-11(2)23-18-9-13-5-4-12-8-14(20)6-7-15(12)16(13)10-17(18)19(21)22-3/h6-11,20H,4-5H2,1-3H3. The fourth-order valence-corrected chi connectivity index (χ4v) is 3.02. The molecule has 1 N–H and O–H groups in total. The highest BCUT2D eigenvalue weighted by Gasteiger charge is 2.23. The molecule has 0 spiro atoms. The van der Waals surface area contributed by atoms with Crippen LogP contribution in [0.5, 0.6) is 11.5 Å². The van der Waals surface area contributed by atoms with Crippen molar-refractivity contribution in [3.8, 4) is 22.6 Å². The number of ether oxygens (including phenoxy) is 2. The van der Waals surface area contributed by atoms with Gasteiger partial charge in [-0.1, -0.05) is 6.07 Å². The molecule has 0 radical (unpaired) electrons. The van der Waals surface area contributed by atoms with E-state index < -0.39 is 5.97 Å². The van der Waals surface area contributed by atoms with Crippen LogP contribution in [0.1, 0.15) is 35.3 Å². The number of rotatable bonds is 3. The fraction of sp³-hybridized carbons (Fsp3) is 0.316. The number of methoxy groups -OCH3 is 1. The number of benzene rings is 2. The van der Waals surface area contributed by atoms with Crippen molar-refractivity contribution in [2.24, 2.45) is 0 Å². The summed E-state index contributed by atoms with van der Waals surface area (Å²) in [5.74, 6) is 0.419. The lowest BCUT2D eigenvalue weighted by Crippen LogP contribution is -2.13. The first-order valence-corrected chi connectivity index (χ1v) is 7.73. The smallest absolute Gasteiger partial charge is 0.341 e. The van der Waals surface area contributed by atoms with Gasteiger partial charge in [0.05, 0.1) is 13.2 Å². The molecule has 0 heterocycles. The first-order chi connectivity index (χ1) is 11.0. The molecule has 0 amide bonds. The summed E-state index contributed by atoms with van der Waals surface area (Å²) < 4.78 is 10.7.